The van der Waals surface area contributed by atoms with Crippen LogP contribution in [0, 0.1) is 0 Å². The van der Waals surface area contributed by atoms with Gasteiger partial charge in [-0.05, 0) is 43.5 Å². The van der Waals surface area contributed by atoms with Gasteiger partial charge >= 0.3 is 5.97 Å². The highest BCUT2D eigenvalue weighted by atomic mass is 35.5. The SMILES string of the molecule is CCCNC(=O)COC(=O)[C@@H]1CCCN1S(=O)(=O)c1ccc(Cl)cc1. The molecular weight excluding hydrogens is 368 g/mol. The Balaban J connectivity index is 2.05. The van der Waals surface area contributed by atoms with Crippen molar-refractivity contribution in [1.82, 2.24) is 9.62 Å². The Morgan fingerprint density at radius 3 is 2.64 bits per heavy atom. The maximum Gasteiger partial charge on any atom is 0.324 e. The highest BCUT2D eigenvalue weighted by Crippen LogP contribution is 2.27. The van der Waals surface area contributed by atoms with Crippen LogP contribution in [-0.4, -0.2) is 50.3 Å². The van der Waals surface area contributed by atoms with Gasteiger partial charge in [-0.3, -0.25) is 9.59 Å². The van der Waals surface area contributed by atoms with Gasteiger partial charge in [0.1, 0.15) is 6.04 Å². The molecule has 0 saturated carbocycles. The molecular formula is C16H21ClN2O5S. The van der Waals surface area contributed by atoms with Crippen molar-refractivity contribution in [1.29, 1.82) is 0 Å². The van der Waals surface area contributed by atoms with Crippen molar-refractivity contribution in [3.05, 3.63) is 29.3 Å². The van der Waals surface area contributed by atoms with E-state index < -0.39 is 34.5 Å². The molecule has 0 aromatic heterocycles. The lowest BCUT2D eigenvalue weighted by Gasteiger charge is -2.22. The van der Waals surface area contributed by atoms with E-state index in [4.69, 9.17) is 16.3 Å². The van der Waals surface area contributed by atoms with E-state index in [-0.39, 0.29) is 11.4 Å². The fraction of sp³-hybridized carbons (Fsp3) is 0.500. The number of carbonyl (C=O) groups is 2. The number of sulfonamides is 1. The lowest BCUT2D eigenvalue weighted by Crippen LogP contribution is -2.42. The molecule has 7 nitrogen and oxygen atoms in total. The molecule has 25 heavy (non-hydrogen) atoms. The zero-order valence-corrected chi connectivity index (χ0v) is 15.5. The second-order valence-electron chi connectivity index (χ2n) is 5.69. The number of hydrogen-bond donors (Lipinski definition) is 1. The summed E-state index contributed by atoms with van der Waals surface area (Å²) in [5, 5.41) is 3.02. The average molecular weight is 389 g/mol. The zero-order valence-electron chi connectivity index (χ0n) is 13.9. The van der Waals surface area contributed by atoms with E-state index in [1.165, 1.54) is 24.3 Å². The summed E-state index contributed by atoms with van der Waals surface area (Å²) in [5.41, 5.74) is 0. The Labute approximate surface area is 152 Å². The molecule has 1 aliphatic rings. The van der Waals surface area contributed by atoms with Gasteiger partial charge in [-0.2, -0.15) is 4.31 Å². The van der Waals surface area contributed by atoms with Crippen LogP contribution in [0.2, 0.25) is 5.02 Å². The third-order valence-corrected chi connectivity index (χ3v) is 5.99. The number of carbonyl (C=O) groups excluding carboxylic acids is 2. The Hall–Kier alpha value is -1.64. The van der Waals surface area contributed by atoms with Crippen LogP contribution < -0.4 is 5.32 Å². The predicted molar refractivity (Wildman–Crippen MR) is 92.6 cm³/mol. The largest absolute Gasteiger partial charge is 0.454 e. The fourth-order valence-corrected chi connectivity index (χ4v) is 4.33. The molecule has 1 atom stereocenters. The molecule has 1 saturated heterocycles. The molecule has 0 unspecified atom stereocenters. The van der Waals surface area contributed by atoms with Crippen LogP contribution in [0.1, 0.15) is 26.2 Å². The molecule has 1 aromatic rings. The first-order chi connectivity index (χ1) is 11.9. The molecule has 0 aliphatic carbocycles. The number of ether oxygens (including phenoxy) is 1. The topological polar surface area (TPSA) is 92.8 Å². The molecule has 0 bridgehead atoms. The Bertz CT molecular complexity index is 721. The first-order valence-corrected chi connectivity index (χ1v) is 9.89. The fourth-order valence-electron chi connectivity index (χ4n) is 2.55. The highest BCUT2D eigenvalue weighted by Gasteiger charge is 2.40. The van der Waals surface area contributed by atoms with Gasteiger partial charge in [-0.15, -0.1) is 0 Å². The van der Waals surface area contributed by atoms with E-state index in [1.54, 1.807) is 0 Å². The van der Waals surface area contributed by atoms with E-state index in [9.17, 15) is 18.0 Å². The van der Waals surface area contributed by atoms with Gasteiger partial charge in [0.2, 0.25) is 10.0 Å². The zero-order chi connectivity index (χ0) is 18.4. The van der Waals surface area contributed by atoms with E-state index in [1.807, 2.05) is 6.92 Å². The van der Waals surface area contributed by atoms with Crippen molar-refractivity contribution in [2.24, 2.45) is 0 Å². The maximum atomic E-state index is 12.7. The van der Waals surface area contributed by atoms with Crippen LogP contribution in [0.5, 0.6) is 0 Å². The van der Waals surface area contributed by atoms with Crippen molar-refractivity contribution >= 4 is 33.5 Å². The van der Waals surface area contributed by atoms with Crippen LogP contribution in [0.4, 0.5) is 0 Å². The molecule has 1 fully saturated rings. The molecule has 1 aliphatic heterocycles. The average Bonchev–Trinajstić information content (AvgIpc) is 3.09. The van der Waals surface area contributed by atoms with Gasteiger partial charge in [0.25, 0.3) is 5.91 Å². The minimum Gasteiger partial charge on any atom is -0.454 e. The maximum absolute atomic E-state index is 12.7. The lowest BCUT2D eigenvalue weighted by molar-refractivity contribution is -0.151. The smallest absolute Gasteiger partial charge is 0.324 e. The summed E-state index contributed by atoms with van der Waals surface area (Å²) < 4.78 is 31.6. The van der Waals surface area contributed by atoms with E-state index >= 15 is 0 Å². The number of esters is 1. The molecule has 1 amide bonds. The van der Waals surface area contributed by atoms with Crippen LogP contribution in [0.25, 0.3) is 0 Å². The number of benzene rings is 1. The van der Waals surface area contributed by atoms with Gasteiger partial charge in [-0.1, -0.05) is 18.5 Å². The molecule has 1 N–H and O–H groups in total. The molecule has 1 aromatic carbocycles. The Morgan fingerprint density at radius 2 is 2.00 bits per heavy atom. The third kappa shape index (κ3) is 4.93. The first-order valence-electron chi connectivity index (χ1n) is 8.07. The van der Waals surface area contributed by atoms with Crippen LogP contribution in [0.3, 0.4) is 0 Å². The summed E-state index contributed by atoms with van der Waals surface area (Å²) in [4.78, 5) is 23.8. The van der Waals surface area contributed by atoms with Crippen LogP contribution in [-0.2, 0) is 24.3 Å². The van der Waals surface area contributed by atoms with Gasteiger partial charge in [0.15, 0.2) is 6.61 Å². The highest BCUT2D eigenvalue weighted by molar-refractivity contribution is 7.89. The second kappa shape index (κ2) is 8.64. The van der Waals surface area contributed by atoms with Crippen molar-refractivity contribution in [3.63, 3.8) is 0 Å². The van der Waals surface area contributed by atoms with Gasteiger partial charge in [-0.25, -0.2) is 8.42 Å². The molecule has 9 heteroatoms. The van der Waals surface area contributed by atoms with Crippen molar-refractivity contribution in [2.45, 2.75) is 37.1 Å². The summed E-state index contributed by atoms with van der Waals surface area (Å²) in [7, 11) is -3.83. The summed E-state index contributed by atoms with van der Waals surface area (Å²) >= 11 is 5.79. The number of rotatable bonds is 7. The summed E-state index contributed by atoms with van der Waals surface area (Å²) in [6.45, 7) is 2.22. The number of halogens is 1. The predicted octanol–water partition coefficient (Wildman–Crippen LogP) is 1.56. The monoisotopic (exact) mass is 388 g/mol. The molecule has 0 radical (unpaired) electrons. The second-order valence-corrected chi connectivity index (χ2v) is 8.01. The standard InChI is InChI=1S/C16H21ClN2O5S/c1-2-9-18-15(20)11-24-16(21)14-4-3-10-19(14)25(22,23)13-7-5-12(17)6-8-13/h5-8,14H,2-4,9-11H2,1H3,(H,18,20)/t14-/m0/s1. The van der Waals surface area contributed by atoms with E-state index in [2.05, 4.69) is 5.32 Å². The normalized spacial score (nSPS) is 18.1. The number of amides is 1. The summed E-state index contributed by atoms with van der Waals surface area (Å²) in [6, 6.07) is 4.85. The lowest BCUT2D eigenvalue weighted by atomic mass is 10.2. The van der Waals surface area contributed by atoms with Crippen molar-refractivity contribution < 1.29 is 22.7 Å². The molecule has 138 valence electrons. The minimum atomic E-state index is -3.83. The third-order valence-electron chi connectivity index (χ3n) is 3.81. The number of hydrogen-bond acceptors (Lipinski definition) is 5. The van der Waals surface area contributed by atoms with E-state index in [0.29, 0.717) is 24.4 Å². The first kappa shape index (κ1) is 19.7. The quantitative estimate of drug-likeness (QED) is 0.715. The van der Waals surface area contributed by atoms with Crippen molar-refractivity contribution in [2.75, 3.05) is 19.7 Å². The van der Waals surface area contributed by atoms with Crippen molar-refractivity contribution in [3.8, 4) is 0 Å². The Morgan fingerprint density at radius 1 is 1.32 bits per heavy atom. The Kier molecular flexibility index (Phi) is 6.80. The van der Waals surface area contributed by atoms with Gasteiger partial charge in [0.05, 0.1) is 4.90 Å². The van der Waals surface area contributed by atoms with Gasteiger partial charge in [0, 0.05) is 18.1 Å². The molecule has 0 spiro atoms. The van der Waals surface area contributed by atoms with Crippen LogP contribution in [0.15, 0.2) is 29.2 Å². The number of nitrogens with zero attached hydrogens (tertiary/aromatic N) is 1. The summed E-state index contributed by atoms with van der Waals surface area (Å²) in [5.74, 6) is -1.11. The van der Waals surface area contributed by atoms with Crippen LogP contribution >= 0.6 is 11.6 Å². The molecule has 2 rings (SSSR count). The van der Waals surface area contributed by atoms with E-state index in [0.717, 1.165) is 10.7 Å². The minimum absolute atomic E-state index is 0.0669. The summed E-state index contributed by atoms with van der Waals surface area (Å²) in [6.07, 6.45) is 1.69. The number of nitrogens with one attached hydrogen (secondary N) is 1. The molecule has 1 heterocycles. The van der Waals surface area contributed by atoms with Gasteiger partial charge < -0.3 is 10.1 Å².